The van der Waals surface area contributed by atoms with Gasteiger partial charge in [-0.05, 0) is 44.0 Å². The minimum Gasteiger partial charge on any atom is -0.355 e. The summed E-state index contributed by atoms with van der Waals surface area (Å²) in [5.74, 6) is 0.255. The van der Waals surface area contributed by atoms with Crippen molar-refractivity contribution in [2.24, 2.45) is 0 Å². The van der Waals surface area contributed by atoms with Gasteiger partial charge in [0.1, 0.15) is 0 Å². The van der Waals surface area contributed by atoms with Gasteiger partial charge in [-0.1, -0.05) is 71.4 Å². The number of carbonyl (C=O) groups is 1. The molecule has 0 unspecified atom stereocenters. The van der Waals surface area contributed by atoms with Crippen molar-refractivity contribution in [2.75, 3.05) is 0 Å². The molecule has 0 fully saturated rings. The van der Waals surface area contributed by atoms with E-state index in [-0.39, 0.29) is 11.6 Å². The zero-order valence-corrected chi connectivity index (χ0v) is 19.9. The van der Waals surface area contributed by atoms with Crippen LogP contribution in [-0.4, -0.2) is 20.8 Å². The van der Waals surface area contributed by atoms with Gasteiger partial charge in [0.25, 0.3) is 5.91 Å². The average molecular weight is 463 g/mol. The van der Waals surface area contributed by atoms with Crippen molar-refractivity contribution < 1.29 is 9.32 Å². The highest BCUT2D eigenvalue weighted by molar-refractivity contribution is 5.93. The summed E-state index contributed by atoms with van der Waals surface area (Å²) in [5.41, 5.74) is 8.44. The molecule has 0 aliphatic carbocycles. The summed E-state index contributed by atoms with van der Waals surface area (Å²) >= 11 is 0. The fourth-order valence-corrected chi connectivity index (χ4v) is 4.40. The third-order valence-corrected chi connectivity index (χ3v) is 5.97. The van der Waals surface area contributed by atoms with E-state index in [2.05, 4.69) is 43.4 Å². The molecule has 2 heterocycles. The van der Waals surface area contributed by atoms with Crippen LogP contribution in [0.4, 0.5) is 0 Å². The maximum atomic E-state index is 12.9. The van der Waals surface area contributed by atoms with Crippen molar-refractivity contribution in [3.8, 4) is 28.3 Å². The molecule has 6 heteroatoms. The lowest BCUT2D eigenvalue weighted by Crippen LogP contribution is -2.23. The molecule has 174 valence electrons. The molecule has 0 atom stereocenters. The van der Waals surface area contributed by atoms with E-state index in [4.69, 9.17) is 9.62 Å². The number of aryl methyl sites for hydroxylation is 3. The van der Waals surface area contributed by atoms with Gasteiger partial charge in [0.2, 0.25) is 0 Å². The number of nitrogens with one attached hydrogen (secondary N) is 1. The molecule has 0 aliphatic rings. The van der Waals surface area contributed by atoms with Gasteiger partial charge in [0.15, 0.2) is 11.5 Å². The number of para-hydroxylation sites is 1. The molecule has 3 aromatic carbocycles. The fraction of sp³-hybridized carbons (Fsp3) is 0.138. The van der Waals surface area contributed by atoms with E-state index >= 15 is 0 Å². The first-order valence-corrected chi connectivity index (χ1v) is 11.5. The maximum Gasteiger partial charge on any atom is 0.273 e. The number of carbonyl (C=O) groups excluding carboxylic acids is 1. The first-order valence-electron chi connectivity index (χ1n) is 11.5. The Balaban J connectivity index is 1.45. The Morgan fingerprint density at radius 2 is 1.57 bits per heavy atom. The van der Waals surface area contributed by atoms with Gasteiger partial charge in [-0.25, -0.2) is 4.68 Å². The van der Waals surface area contributed by atoms with Gasteiger partial charge in [-0.15, -0.1) is 0 Å². The van der Waals surface area contributed by atoms with Crippen LogP contribution in [0.15, 0.2) is 89.6 Å². The summed E-state index contributed by atoms with van der Waals surface area (Å²) in [6, 6.07) is 25.5. The Morgan fingerprint density at radius 3 is 2.26 bits per heavy atom. The standard InChI is InChI=1S/C29H26N4O2/c1-19-14-20(2)27(21(3)15-19)28-23(18-33(31-28)24-12-8-5-9-13-24)17-30-29(34)25-16-26(35-32-25)22-10-6-4-7-11-22/h4-16,18H,17H2,1-3H3,(H,30,34). The molecule has 0 saturated carbocycles. The normalized spacial score (nSPS) is 10.9. The van der Waals surface area contributed by atoms with Gasteiger partial charge in [0, 0.05) is 35.5 Å². The summed E-state index contributed by atoms with van der Waals surface area (Å²) in [5, 5.41) is 11.9. The summed E-state index contributed by atoms with van der Waals surface area (Å²) < 4.78 is 7.25. The minimum absolute atomic E-state index is 0.239. The molecule has 5 aromatic rings. The SMILES string of the molecule is Cc1cc(C)c(-c2nn(-c3ccccc3)cc2CNC(=O)c2cc(-c3ccccc3)on2)c(C)c1. The third-order valence-electron chi connectivity index (χ3n) is 5.97. The number of hydrogen-bond acceptors (Lipinski definition) is 4. The van der Waals surface area contributed by atoms with Crippen molar-refractivity contribution in [3.05, 3.63) is 113 Å². The smallest absolute Gasteiger partial charge is 0.273 e. The first kappa shape index (κ1) is 22.3. The van der Waals surface area contributed by atoms with Gasteiger partial charge >= 0.3 is 0 Å². The quantitative estimate of drug-likeness (QED) is 0.333. The minimum atomic E-state index is -0.299. The summed E-state index contributed by atoms with van der Waals surface area (Å²) in [7, 11) is 0. The van der Waals surface area contributed by atoms with Gasteiger partial charge < -0.3 is 9.84 Å². The van der Waals surface area contributed by atoms with E-state index < -0.39 is 0 Å². The van der Waals surface area contributed by atoms with Crippen LogP contribution >= 0.6 is 0 Å². The second-order valence-corrected chi connectivity index (χ2v) is 8.68. The molecule has 35 heavy (non-hydrogen) atoms. The highest BCUT2D eigenvalue weighted by Crippen LogP contribution is 2.31. The predicted octanol–water partition coefficient (Wildman–Crippen LogP) is 6.05. The number of aromatic nitrogens is 3. The molecule has 0 aliphatic heterocycles. The van der Waals surface area contributed by atoms with Crippen molar-refractivity contribution >= 4 is 5.91 Å². The summed E-state index contributed by atoms with van der Waals surface area (Å²) in [6.45, 7) is 6.59. The zero-order valence-electron chi connectivity index (χ0n) is 19.9. The van der Waals surface area contributed by atoms with Crippen LogP contribution in [0, 0.1) is 20.8 Å². The Kier molecular flexibility index (Phi) is 6.02. The molecule has 6 nitrogen and oxygen atoms in total. The lowest BCUT2D eigenvalue weighted by atomic mass is 9.95. The molecule has 1 N–H and O–H groups in total. The lowest BCUT2D eigenvalue weighted by molar-refractivity contribution is 0.0942. The largest absolute Gasteiger partial charge is 0.355 e. The molecule has 0 saturated heterocycles. The highest BCUT2D eigenvalue weighted by Gasteiger charge is 2.19. The predicted molar refractivity (Wildman–Crippen MR) is 136 cm³/mol. The van der Waals surface area contributed by atoms with E-state index in [9.17, 15) is 4.79 Å². The molecule has 2 aromatic heterocycles. The van der Waals surface area contributed by atoms with Crippen LogP contribution in [0.1, 0.15) is 32.7 Å². The third kappa shape index (κ3) is 4.64. The van der Waals surface area contributed by atoms with Gasteiger partial charge in [0.05, 0.1) is 11.4 Å². The van der Waals surface area contributed by atoms with E-state index in [0.717, 1.165) is 39.2 Å². The number of benzene rings is 3. The number of rotatable bonds is 6. The zero-order chi connectivity index (χ0) is 24.4. The number of amides is 1. The van der Waals surface area contributed by atoms with Crippen LogP contribution in [0.25, 0.3) is 28.3 Å². The lowest BCUT2D eigenvalue weighted by Gasteiger charge is -2.11. The number of hydrogen-bond donors (Lipinski definition) is 1. The van der Waals surface area contributed by atoms with Crippen molar-refractivity contribution in [2.45, 2.75) is 27.3 Å². The topological polar surface area (TPSA) is 73.0 Å². The highest BCUT2D eigenvalue weighted by atomic mass is 16.5. The van der Waals surface area contributed by atoms with E-state index in [0.29, 0.717) is 12.3 Å². The van der Waals surface area contributed by atoms with Gasteiger partial charge in [-0.3, -0.25) is 4.79 Å². The van der Waals surface area contributed by atoms with Crippen LogP contribution in [0.3, 0.4) is 0 Å². The molecular weight excluding hydrogens is 436 g/mol. The Hall–Kier alpha value is -4.45. The molecule has 5 rings (SSSR count). The molecular formula is C29H26N4O2. The summed E-state index contributed by atoms with van der Waals surface area (Å²) in [4.78, 5) is 12.9. The average Bonchev–Trinajstić information content (AvgIpc) is 3.51. The Morgan fingerprint density at radius 1 is 0.914 bits per heavy atom. The molecule has 0 radical (unpaired) electrons. The fourth-order valence-electron chi connectivity index (χ4n) is 4.40. The Bertz CT molecular complexity index is 1460. The Labute approximate surface area is 204 Å². The van der Waals surface area contributed by atoms with E-state index in [1.54, 1.807) is 6.07 Å². The van der Waals surface area contributed by atoms with Crippen molar-refractivity contribution in [3.63, 3.8) is 0 Å². The van der Waals surface area contributed by atoms with E-state index in [1.807, 2.05) is 71.5 Å². The molecule has 0 spiro atoms. The maximum absolute atomic E-state index is 12.9. The van der Waals surface area contributed by atoms with Crippen molar-refractivity contribution in [1.29, 1.82) is 0 Å². The first-order chi connectivity index (χ1) is 17.0. The summed E-state index contributed by atoms with van der Waals surface area (Å²) in [6.07, 6.45) is 1.97. The van der Waals surface area contributed by atoms with Crippen LogP contribution in [-0.2, 0) is 6.54 Å². The van der Waals surface area contributed by atoms with Crippen LogP contribution in [0.5, 0.6) is 0 Å². The van der Waals surface area contributed by atoms with E-state index in [1.165, 1.54) is 5.56 Å². The van der Waals surface area contributed by atoms with Crippen LogP contribution < -0.4 is 5.32 Å². The van der Waals surface area contributed by atoms with Crippen molar-refractivity contribution in [1.82, 2.24) is 20.3 Å². The monoisotopic (exact) mass is 462 g/mol. The second-order valence-electron chi connectivity index (χ2n) is 8.68. The number of nitrogens with zero attached hydrogens (tertiary/aromatic N) is 3. The molecule has 0 bridgehead atoms. The van der Waals surface area contributed by atoms with Gasteiger partial charge in [-0.2, -0.15) is 5.10 Å². The molecule has 1 amide bonds. The second kappa shape index (κ2) is 9.43. The van der Waals surface area contributed by atoms with Crippen LogP contribution in [0.2, 0.25) is 0 Å².